The molecular weight excluding hydrogens is 377 g/mol. The second kappa shape index (κ2) is 9.26. The average Bonchev–Trinajstić information content (AvgIpc) is 2.89. The van der Waals surface area contributed by atoms with E-state index in [0.717, 1.165) is 12.0 Å². The van der Waals surface area contributed by atoms with E-state index < -0.39 is 17.6 Å². The molecule has 8 heteroatoms. The third-order valence-corrected chi connectivity index (χ3v) is 5.00. The Bertz CT molecular complexity index is 722. The monoisotopic (exact) mass is 399 g/mol. The van der Waals surface area contributed by atoms with Gasteiger partial charge in [0.15, 0.2) is 5.76 Å². The number of hydrogen-bond donors (Lipinski definition) is 3. The molecule has 0 saturated carbocycles. The molecule has 1 aliphatic rings. The highest BCUT2D eigenvalue weighted by Crippen LogP contribution is 2.23. The third-order valence-electron chi connectivity index (χ3n) is 4.26. The van der Waals surface area contributed by atoms with E-state index in [-0.39, 0.29) is 18.2 Å². The van der Waals surface area contributed by atoms with E-state index in [1.165, 1.54) is 4.90 Å². The molecule has 0 aromatic heterocycles. The lowest BCUT2D eigenvalue weighted by Gasteiger charge is -2.17. The number of nitrogens with zero attached hydrogens (tertiary/aromatic N) is 1. The minimum atomic E-state index is -0.506. The van der Waals surface area contributed by atoms with Gasteiger partial charge in [0.25, 0.3) is 11.8 Å². The summed E-state index contributed by atoms with van der Waals surface area (Å²) in [5.41, 5.74) is 1.14. The lowest BCUT2D eigenvalue weighted by molar-refractivity contribution is -0.127. The van der Waals surface area contributed by atoms with E-state index >= 15 is 0 Å². The molecule has 1 atom stereocenters. The van der Waals surface area contributed by atoms with E-state index in [1.807, 2.05) is 19.1 Å². The summed E-state index contributed by atoms with van der Waals surface area (Å²) in [6, 6.07) is 5.32. The van der Waals surface area contributed by atoms with Crippen LogP contribution < -0.4 is 10.6 Å². The minimum absolute atomic E-state index is 0.118. The molecule has 142 valence electrons. The topological polar surface area (TPSA) is 81.7 Å². The number of aryl methyl sites for hydroxylation is 1. The number of amides is 2. The summed E-state index contributed by atoms with van der Waals surface area (Å²) >= 11 is 11.9. The smallest absolute Gasteiger partial charge is 0.289 e. The largest absolute Gasteiger partial charge is 0.503 e. The van der Waals surface area contributed by atoms with Gasteiger partial charge < -0.3 is 20.6 Å². The molecule has 0 radical (unpaired) electrons. The first-order valence-electron chi connectivity index (χ1n) is 8.44. The highest BCUT2D eigenvalue weighted by atomic mass is 35.5. The van der Waals surface area contributed by atoms with Gasteiger partial charge in [0.1, 0.15) is 0 Å². The zero-order valence-corrected chi connectivity index (χ0v) is 16.3. The molecule has 1 unspecified atom stereocenters. The van der Waals surface area contributed by atoms with Gasteiger partial charge in [-0.1, -0.05) is 29.3 Å². The van der Waals surface area contributed by atoms with Gasteiger partial charge in [0.05, 0.1) is 22.2 Å². The summed E-state index contributed by atoms with van der Waals surface area (Å²) in [6.45, 7) is 3.03. The second-order valence-corrected chi connectivity index (χ2v) is 7.13. The van der Waals surface area contributed by atoms with Crippen molar-refractivity contribution < 1.29 is 14.7 Å². The maximum atomic E-state index is 12.4. The number of aliphatic hydroxyl groups excluding tert-OH is 1. The van der Waals surface area contributed by atoms with Crippen molar-refractivity contribution in [1.29, 1.82) is 0 Å². The number of rotatable bonds is 8. The molecule has 2 rings (SSSR count). The molecule has 1 aromatic carbocycles. The molecule has 0 spiro atoms. The lowest BCUT2D eigenvalue weighted by Crippen LogP contribution is -2.37. The molecular formula is C18H23Cl2N3O3. The summed E-state index contributed by atoms with van der Waals surface area (Å²) < 4.78 is 0. The highest BCUT2D eigenvalue weighted by Gasteiger charge is 2.33. The fraction of sp³-hybridized carbons (Fsp3) is 0.444. The Balaban J connectivity index is 1.88. The van der Waals surface area contributed by atoms with Gasteiger partial charge in [0.2, 0.25) is 0 Å². The van der Waals surface area contributed by atoms with Gasteiger partial charge in [-0.2, -0.15) is 0 Å². The Kier molecular flexibility index (Phi) is 7.32. The van der Waals surface area contributed by atoms with Crippen molar-refractivity contribution in [2.45, 2.75) is 25.8 Å². The maximum absolute atomic E-state index is 12.4. The predicted octanol–water partition coefficient (Wildman–Crippen LogP) is 2.30. The number of aliphatic hydroxyl groups is 1. The molecule has 1 aliphatic heterocycles. The number of halogens is 2. The van der Waals surface area contributed by atoms with Crippen LogP contribution in [0.4, 0.5) is 0 Å². The summed E-state index contributed by atoms with van der Waals surface area (Å²) in [6.07, 6.45) is 1.41. The molecule has 26 heavy (non-hydrogen) atoms. The van der Waals surface area contributed by atoms with Gasteiger partial charge in [-0.15, -0.1) is 0 Å². The van der Waals surface area contributed by atoms with Crippen molar-refractivity contribution in [2.75, 3.05) is 26.7 Å². The Morgan fingerprint density at radius 2 is 2.08 bits per heavy atom. The van der Waals surface area contributed by atoms with E-state index in [2.05, 4.69) is 10.6 Å². The van der Waals surface area contributed by atoms with Crippen LogP contribution in [-0.4, -0.2) is 54.5 Å². The van der Waals surface area contributed by atoms with Gasteiger partial charge in [0, 0.05) is 19.1 Å². The number of carbonyl (C=O) groups is 2. The molecule has 6 nitrogen and oxygen atoms in total. The fourth-order valence-corrected chi connectivity index (χ4v) is 3.01. The SMILES string of the molecule is CNCCN1CC(C(=O)NC(C)CCc2ccc(Cl)c(Cl)c2)=C(O)C1=O. The lowest BCUT2D eigenvalue weighted by atomic mass is 10.1. The average molecular weight is 400 g/mol. The first-order valence-corrected chi connectivity index (χ1v) is 9.19. The third kappa shape index (κ3) is 5.13. The minimum Gasteiger partial charge on any atom is -0.503 e. The van der Waals surface area contributed by atoms with Crippen LogP contribution in [-0.2, 0) is 16.0 Å². The zero-order valence-electron chi connectivity index (χ0n) is 14.8. The molecule has 3 N–H and O–H groups in total. The number of hydrogen-bond acceptors (Lipinski definition) is 4. The highest BCUT2D eigenvalue weighted by molar-refractivity contribution is 6.42. The Morgan fingerprint density at radius 1 is 1.35 bits per heavy atom. The Morgan fingerprint density at radius 3 is 2.73 bits per heavy atom. The van der Waals surface area contributed by atoms with Crippen LogP contribution in [0, 0.1) is 0 Å². The Hall–Kier alpha value is -1.76. The van der Waals surface area contributed by atoms with Crippen molar-refractivity contribution in [3.63, 3.8) is 0 Å². The number of likely N-dealkylation sites (N-methyl/N-ethyl adjacent to an activating group) is 1. The predicted molar refractivity (Wildman–Crippen MR) is 103 cm³/mol. The summed E-state index contributed by atoms with van der Waals surface area (Å²) in [5.74, 6) is -1.38. The number of benzene rings is 1. The van der Waals surface area contributed by atoms with Crippen LogP contribution in [0.15, 0.2) is 29.5 Å². The van der Waals surface area contributed by atoms with Gasteiger partial charge in [-0.3, -0.25) is 9.59 Å². The maximum Gasteiger partial charge on any atom is 0.289 e. The quantitative estimate of drug-likeness (QED) is 0.626. The van der Waals surface area contributed by atoms with Crippen LogP contribution in [0.5, 0.6) is 0 Å². The molecule has 0 aliphatic carbocycles. The molecule has 1 heterocycles. The van der Waals surface area contributed by atoms with Crippen LogP contribution in [0.1, 0.15) is 18.9 Å². The van der Waals surface area contributed by atoms with Crippen molar-refractivity contribution in [3.8, 4) is 0 Å². The van der Waals surface area contributed by atoms with E-state index in [1.54, 1.807) is 13.1 Å². The van der Waals surface area contributed by atoms with Crippen LogP contribution in [0.2, 0.25) is 10.0 Å². The molecule has 0 bridgehead atoms. The van der Waals surface area contributed by atoms with Crippen LogP contribution in [0.25, 0.3) is 0 Å². The van der Waals surface area contributed by atoms with Crippen molar-refractivity contribution in [1.82, 2.24) is 15.5 Å². The van der Waals surface area contributed by atoms with E-state index in [0.29, 0.717) is 29.6 Å². The van der Waals surface area contributed by atoms with E-state index in [9.17, 15) is 14.7 Å². The molecule has 0 fully saturated rings. The summed E-state index contributed by atoms with van der Waals surface area (Å²) in [4.78, 5) is 25.8. The van der Waals surface area contributed by atoms with Crippen LogP contribution in [0.3, 0.4) is 0 Å². The Labute approximate surface area is 163 Å². The molecule has 1 aromatic rings. The van der Waals surface area contributed by atoms with Crippen molar-refractivity contribution in [2.24, 2.45) is 0 Å². The standard InChI is InChI=1S/C18H23Cl2N3O3/c1-11(3-4-12-5-6-14(19)15(20)9-12)22-17(25)13-10-23(8-7-21-2)18(26)16(13)24/h5-6,9,11,21,24H,3-4,7-8,10H2,1-2H3,(H,22,25). The summed E-state index contributed by atoms with van der Waals surface area (Å²) in [7, 11) is 1.77. The fourth-order valence-electron chi connectivity index (χ4n) is 2.68. The second-order valence-electron chi connectivity index (χ2n) is 6.32. The first-order chi connectivity index (χ1) is 12.3. The molecule has 0 saturated heterocycles. The van der Waals surface area contributed by atoms with Gasteiger partial charge >= 0.3 is 0 Å². The van der Waals surface area contributed by atoms with Gasteiger partial charge in [-0.25, -0.2) is 0 Å². The first kappa shape index (κ1) is 20.6. The summed E-state index contributed by atoms with van der Waals surface area (Å²) in [5, 5.41) is 16.7. The van der Waals surface area contributed by atoms with Gasteiger partial charge in [-0.05, 0) is 44.5 Å². The zero-order chi connectivity index (χ0) is 19.3. The normalized spacial score (nSPS) is 15.5. The van der Waals surface area contributed by atoms with E-state index in [4.69, 9.17) is 23.2 Å². The van der Waals surface area contributed by atoms with Crippen molar-refractivity contribution in [3.05, 3.63) is 45.1 Å². The van der Waals surface area contributed by atoms with Crippen molar-refractivity contribution >= 4 is 35.0 Å². The van der Waals surface area contributed by atoms with Crippen LogP contribution >= 0.6 is 23.2 Å². The number of nitrogens with one attached hydrogen (secondary N) is 2. The molecule has 2 amide bonds. The number of carbonyl (C=O) groups excluding carboxylic acids is 2.